The third kappa shape index (κ3) is 9.71. The summed E-state index contributed by atoms with van der Waals surface area (Å²) < 4.78 is 0. The summed E-state index contributed by atoms with van der Waals surface area (Å²) >= 11 is 0. The average Bonchev–Trinajstić information content (AvgIpc) is 2.13. The van der Waals surface area contributed by atoms with Crippen molar-refractivity contribution in [2.45, 2.75) is 65.7 Å². The lowest BCUT2D eigenvalue weighted by Crippen LogP contribution is -2.11. The molecule has 0 saturated heterocycles. The molecule has 0 unspecified atom stereocenters. The highest BCUT2D eigenvalue weighted by molar-refractivity contribution is 5.75. The Labute approximate surface area is 95.0 Å². The van der Waals surface area contributed by atoms with Crippen LogP contribution in [-0.2, 0) is 4.79 Å². The van der Waals surface area contributed by atoms with Crippen LogP contribution in [0.15, 0.2) is 12.7 Å². The summed E-state index contributed by atoms with van der Waals surface area (Å²) in [5.41, 5.74) is 0.430. The van der Waals surface area contributed by atoms with E-state index < -0.39 is 0 Å². The van der Waals surface area contributed by atoms with Crippen molar-refractivity contribution in [2.24, 2.45) is 5.41 Å². The molecule has 0 aromatic rings. The Kier molecular flexibility index (Phi) is 7.37. The van der Waals surface area contributed by atoms with E-state index in [0.717, 1.165) is 19.3 Å². The number of allylic oxidation sites excluding steroid dienone is 1. The highest BCUT2D eigenvalue weighted by Gasteiger charge is 2.16. The minimum atomic E-state index is 0.319. The maximum atomic E-state index is 10.8. The minimum Gasteiger partial charge on any atom is -0.300 e. The second kappa shape index (κ2) is 7.67. The summed E-state index contributed by atoms with van der Waals surface area (Å²) in [5.74, 6) is 0.319. The van der Waals surface area contributed by atoms with Crippen LogP contribution in [0.2, 0.25) is 0 Å². The number of hydrogen-bond acceptors (Lipinski definition) is 1. The molecule has 0 bridgehead atoms. The molecule has 0 aliphatic heterocycles. The highest BCUT2D eigenvalue weighted by atomic mass is 16.1. The monoisotopic (exact) mass is 210 g/mol. The zero-order valence-electron chi connectivity index (χ0n) is 10.6. The van der Waals surface area contributed by atoms with Gasteiger partial charge in [-0.25, -0.2) is 0 Å². The molecule has 0 spiro atoms. The van der Waals surface area contributed by atoms with Gasteiger partial charge < -0.3 is 4.79 Å². The van der Waals surface area contributed by atoms with Crippen molar-refractivity contribution in [3.63, 3.8) is 0 Å². The number of unbranched alkanes of at least 4 members (excludes halogenated alkanes) is 2. The SMILES string of the molecule is C=CCCCC(C)(C)CCCCC(C)=O. The third-order valence-electron chi connectivity index (χ3n) is 2.89. The van der Waals surface area contributed by atoms with Crippen LogP contribution in [0.5, 0.6) is 0 Å². The van der Waals surface area contributed by atoms with E-state index in [-0.39, 0.29) is 0 Å². The van der Waals surface area contributed by atoms with Gasteiger partial charge in [0.1, 0.15) is 5.78 Å². The van der Waals surface area contributed by atoms with Gasteiger partial charge in [0.05, 0.1) is 0 Å². The first-order valence-electron chi connectivity index (χ1n) is 6.08. The van der Waals surface area contributed by atoms with Crippen LogP contribution in [0.4, 0.5) is 0 Å². The van der Waals surface area contributed by atoms with E-state index in [0.29, 0.717) is 11.2 Å². The van der Waals surface area contributed by atoms with Crippen molar-refractivity contribution in [2.75, 3.05) is 0 Å². The van der Waals surface area contributed by atoms with Crippen molar-refractivity contribution in [1.29, 1.82) is 0 Å². The molecular formula is C14H26O. The molecule has 0 saturated carbocycles. The number of ketones is 1. The topological polar surface area (TPSA) is 17.1 Å². The normalized spacial score (nSPS) is 11.4. The molecule has 0 fully saturated rings. The van der Waals surface area contributed by atoms with E-state index in [2.05, 4.69) is 20.4 Å². The maximum Gasteiger partial charge on any atom is 0.129 e. The van der Waals surface area contributed by atoms with Gasteiger partial charge in [0, 0.05) is 6.42 Å². The molecule has 0 aliphatic rings. The maximum absolute atomic E-state index is 10.8. The molecule has 0 aliphatic carbocycles. The van der Waals surface area contributed by atoms with E-state index in [1.54, 1.807) is 6.92 Å². The molecule has 0 radical (unpaired) electrons. The van der Waals surface area contributed by atoms with Crippen molar-refractivity contribution >= 4 is 5.78 Å². The summed E-state index contributed by atoms with van der Waals surface area (Å²) in [6.45, 7) is 10.1. The molecule has 0 aromatic heterocycles. The predicted molar refractivity (Wildman–Crippen MR) is 67.0 cm³/mol. The van der Waals surface area contributed by atoms with Gasteiger partial charge in [0.2, 0.25) is 0 Å². The lowest BCUT2D eigenvalue weighted by molar-refractivity contribution is -0.117. The predicted octanol–water partition coefficient (Wildman–Crippen LogP) is 4.52. The standard InChI is InChI=1S/C14H26O/c1-5-6-8-11-14(3,4)12-9-7-10-13(2)15/h5H,1,6-12H2,2-4H3. The van der Waals surface area contributed by atoms with Crippen molar-refractivity contribution < 1.29 is 4.79 Å². The van der Waals surface area contributed by atoms with Gasteiger partial charge in [-0.2, -0.15) is 0 Å². The van der Waals surface area contributed by atoms with E-state index in [4.69, 9.17) is 0 Å². The van der Waals surface area contributed by atoms with E-state index in [9.17, 15) is 4.79 Å². The Balaban J connectivity index is 3.54. The van der Waals surface area contributed by atoms with Gasteiger partial charge in [0.25, 0.3) is 0 Å². The Morgan fingerprint density at radius 1 is 1.20 bits per heavy atom. The molecule has 0 atom stereocenters. The largest absolute Gasteiger partial charge is 0.300 e. The fraction of sp³-hybridized carbons (Fsp3) is 0.786. The summed E-state index contributed by atoms with van der Waals surface area (Å²) in [6.07, 6.45) is 9.84. The second-order valence-electron chi connectivity index (χ2n) is 5.25. The van der Waals surface area contributed by atoms with Gasteiger partial charge in [-0.15, -0.1) is 6.58 Å². The number of hydrogen-bond donors (Lipinski definition) is 0. The number of carbonyl (C=O) groups is 1. The molecule has 0 N–H and O–H groups in total. The van der Waals surface area contributed by atoms with E-state index >= 15 is 0 Å². The minimum absolute atomic E-state index is 0.319. The van der Waals surface area contributed by atoms with Crippen LogP contribution in [-0.4, -0.2) is 5.78 Å². The molecule has 0 rings (SSSR count). The Hall–Kier alpha value is -0.590. The summed E-state index contributed by atoms with van der Waals surface area (Å²) in [4.78, 5) is 10.8. The Morgan fingerprint density at radius 3 is 2.33 bits per heavy atom. The smallest absolute Gasteiger partial charge is 0.129 e. The quantitative estimate of drug-likeness (QED) is 0.404. The summed E-state index contributed by atoms with van der Waals surface area (Å²) in [6, 6.07) is 0. The van der Waals surface area contributed by atoms with Crippen LogP contribution in [0.3, 0.4) is 0 Å². The number of Topliss-reactive ketones (excluding diaryl/α,β-unsaturated/α-hetero) is 1. The molecule has 0 aromatic carbocycles. The third-order valence-corrected chi connectivity index (χ3v) is 2.89. The lowest BCUT2D eigenvalue weighted by atomic mass is 9.82. The fourth-order valence-corrected chi connectivity index (χ4v) is 1.83. The molecular weight excluding hydrogens is 184 g/mol. The van der Waals surface area contributed by atoms with Crippen molar-refractivity contribution in [1.82, 2.24) is 0 Å². The zero-order valence-corrected chi connectivity index (χ0v) is 10.6. The van der Waals surface area contributed by atoms with Crippen LogP contribution in [0.25, 0.3) is 0 Å². The Morgan fingerprint density at radius 2 is 1.80 bits per heavy atom. The van der Waals surface area contributed by atoms with E-state index in [1.165, 1.54) is 25.7 Å². The molecule has 15 heavy (non-hydrogen) atoms. The van der Waals surface area contributed by atoms with Crippen molar-refractivity contribution in [3.05, 3.63) is 12.7 Å². The lowest BCUT2D eigenvalue weighted by Gasteiger charge is -2.24. The first kappa shape index (κ1) is 14.4. The fourth-order valence-electron chi connectivity index (χ4n) is 1.83. The molecule has 0 heterocycles. The number of rotatable bonds is 9. The van der Waals surface area contributed by atoms with Gasteiger partial charge in [-0.1, -0.05) is 26.3 Å². The van der Waals surface area contributed by atoms with Gasteiger partial charge in [-0.05, 0) is 44.4 Å². The molecule has 1 heteroatoms. The highest BCUT2D eigenvalue weighted by Crippen LogP contribution is 2.29. The first-order chi connectivity index (χ1) is 6.98. The van der Waals surface area contributed by atoms with Crippen LogP contribution in [0, 0.1) is 5.41 Å². The molecule has 1 nitrogen and oxygen atoms in total. The van der Waals surface area contributed by atoms with Gasteiger partial charge in [0.15, 0.2) is 0 Å². The van der Waals surface area contributed by atoms with Crippen LogP contribution in [0.1, 0.15) is 65.7 Å². The van der Waals surface area contributed by atoms with Gasteiger partial charge in [-0.3, -0.25) is 0 Å². The first-order valence-corrected chi connectivity index (χ1v) is 6.08. The summed E-state index contributed by atoms with van der Waals surface area (Å²) in [5, 5.41) is 0. The molecule has 0 amide bonds. The second-order valence-corrected chi connectivity index (χ2v) is 5.25. The molecule has 88 valence electrons. The van der Waals surface area contributed by atoms with Crippen LogP contribution >= 0.6 is 0 Å². The van der Waals surface area contributed by atoms with Gasteiger partial charge >= 0.3 is 0 Å². The summed E-state index contributed by atoms with van der Waals surface area (Å²) in [7, 11) is 0. The Bertz CT molecular complexity index is 192. The van der Waals surface area contributed by atoms with E-state index in [1.807, 2.05) is 6.08 Å². The van der Waals surface area contributed by atoms with Crippen LogP contribution < -0.4 is 0 Å². The van der Waals surface area contributed by atoms with Crippen molar-refractivity contribution in [3.8, 4) is 0 Å². The average molecular weight is 210 g/mol. The number of carbonyl (C=O) groups excluding carboxylic acids is 1. The zero-order chi connectivity index (χ0) is 11.7.